The van der Waals surface area contributed by atoms with E-state index in [1.807, 2.05) is 6.92 Å². The summed E-state index contributed by atoms with van der Waals surface area (Å²) in [6.07, 6.45) is 4.77. The van der Waals surface area contributed by atoms with Gasteiger partial charge in [-0.2, -0.15) is 5.10 Å². The van der Waals surface area contributed by atoms with Crippen LogP contribution in [-0.4, -0.2) is 46.6 Å². The van der Waals surface area contributed by atoms with Crippen molar-refractivity contribution in [2.45, 2.75) is 30.2 Å². The van der Waals surface area contributed by atoms with Crippen LogP contribution in [-0.2, 0) is 10.0 Å². The molecule has 0 radical (unpaired) electrons. The van der Waals surface area contributed by atoms with Gasteiger partial charge in [-0.15, -0.1) is 0 Å². The van der Waals surface area contributed by atoms with Crippen LogP contribution in [0.1, 0.15) is 18.4 Å². The molecule has 3 aliphatic rings. The van der Waals surface area contributed by atoms with Gasteiger partial charge >= 0.3 is 0 Å². The SMILES string of the molecule is Cc1ccc(S(=O)(=O)NC23CNCC(C2)C3)cc1-c1cnc2c(N)ncnn12. The summed E-state index contributed by atoms with van der Waals surface area (Å²) in [5.74, 6) is 0.834. The van der Waals surface area contributed by atoms with Crippen molar-refractivity contribution in [3.05, 3.63) is 36.3 Å². The molecule has 28 heavy (non-hydrogen) atoms. The molecule has 9 nitrogen and oxygen atoms in total. The number of nitrogen functional groups attached to an aromatic ring is 1. The number of aryl methyl sites for hydroxylation is 1. The summed E-state index contributed by atoms with van der Waals surface area (Å²) in [6.45, 7) is 3.56. The quantitative estimate of drug-likeness (QED) is 0.590. The first-order chi connectivity index (χ1) is 13.4. The van der Waals surface area contributed by atoms with E-state index in [1.54, 1.807) is 28.9 Å². The molecule has 2 bridgehead atoms. The van der Waals surface area contributed by atoms with Gasteiger partial charge in [0.25, 0.3) is 0 Å². The number of anilines is 1. The van der Waals surface area contributed by atoms with E-state index in [0.29, 0.717) is 23.8 Å². The number of benzene rings is 1. The minimum Gasteiger partial charge on any atom is -0.381 e. The molecular formula is C18H21N7O2S. The Bertz CT molecular complexity index is 1180. The summed E-state index contributed by atoms with van der Waals surface area (Å²) >= 11 is 0. The first-order valence-corrected chi connectivity index (χ1v) is 10.7. The van der Waals surface area contributed by atoms with Crippen LogP contribution in [0.3, 0.4) is 0 Å². The topological polar surface area (TPSA) is 127 Å². The van der Waals surface area contributed by atoms with E-state index in [9.17, 15) is 8.42 Å². The van der Waals surface area contributed by atoms with Gasteiger partial charge in [0.1, 0.15) is 6.33 Å². The smallest absolute Gasteiger partial charge is 0.241 e. The summed E-state index contributed by atoms with van der Waals surface area (Å²) in [5.41, 5.74) is 8.26. The van der Waals surface area contributed by atoms with Gasteiger partial charge in [-0.3, -0.25) is 0 Å². The Kier molecular flexibility index (Phi) is 3.74. The van der Waals surface area contributed by atoms with E-state index in [2.05, 4.69) is 25.1 Å². The second-order valence-electron chi connectivity index (χ2n) is 7.79. The van der Waals surface area contributed by atoms with Crippen molar-refractivity contribution in [2.75, 3.05) is 18.8 Å². The first kappa shape index (κ1) is 17.5. The fourth-order valence-corrected chi connectivity index (χ4v) is 5.82. The predicted octanol–water partition coefficient (Wildman–Crippen LogP) is 0.712. The van der Waals surface area contributed by atoms with Crippen molar-refractivity contribution in [2.24, 2.45) is 5.92 Å². The molecule has 6 rings (SSSR count). The maximum atomic E-state index is 13.1. The van der Waals surface area contributed by atoms with E-state index in [-0.39, 0.29) is 16.3 Å². The lowest BCUT2D eigenvalue weighted by molar-refractivity contribution is 0.0816. The number of hydrogen-bond donors (Lipinski definition) is 3. The van der Waals surface area contributed by atoms with Crippen molar-refractivity contribution in [3.63, 3.8) is 0 Å². The van der Waals surface area contributed by atoms with Crippen LogP contribution in [0.5, 0.6) is 0 Å². The third-order valence-corrected chi connectivity index (χ3v) is 7.31. The molecule has 4 N–H and O–H groups in total. The van der Waals surface area contributed by atoms with Gasteiger partial charge in [-0.1, -0.05) is 6.07 Å². The zero-order chi connectivity index (χ0) is 19.5. The molecule has 0 atom stereocenters. The number of hydrogen-bond acceptors (Lipinski definition) is 7. The van der Waals surface area contributed by atoms with Gasteiger partial charge in [-0.05, 0) is 49.9 Å². The first-order valence-electron chi connectivity index (χ1n) is 9.17. The van der Waals surface area contributed by atoms with Crippen molar-refractivity contribution in [1.29, 1.82) is 0 Å². The molecule has 0 spiro atoms. The average molecular weight is 399 g/mol. The molecule has 3 fully saturated rings. The van der Waals surface area contributed by atoms with E-state index in [0.717, 1.165) is 30.5 Å². The van der Waals surface area contributed by atoms with Crippen molar-refractivity contribution in [3.8, 4) is 11.3 Å². The molecule has 1 saturated carbocycles. The average Bonchev–Trinajstić information content (AvgIpc) is 3.06. The number of sulfonamides is 1. The van der Waals surface area contributed by atoms with Gasteiger partial charge in [0.2, 0.25) is 10.0 Å². The van der Waals surface area contributed by atoms with Crippen LogP contribution in [0.2, 0.25) is 0 Å². The Morgan fingerprint density at radius 1 is 1.32 bits per heavy atom. The van der Waals surface area contributed by atoms with Crippen LogP contribution in [0.4, 0.5) is 5.82 Å². The number of fused-ring (bicyclic) bond motifs is 3. The Morgan fingerprint density at radius 2 is 2.14 bits per heavy atom. The third-order valence-electron chi connectivity index (χ3n) is 5.73. The second kappa shape index (κ2) is 5.97. The lowest BCUT2D eigenvalue weighted by atomic mass is 9.66. The van der Waals surface area contributed by atoms with Gasteiger partial charge in [0, 0.05) is 17.6 Å². The van der Waals surface area contributed by atoms with Crippen molar-refractivity contribution < 1.29 is 8.42 Å². The van der Waals surface area contributed by atoms with E-state index >= 15 is 0 Å². The Morgan fingerprint density at radius 3 is 2.89 bits per heavy atom. The molecular weight excluding hydrogens is 378 g/mol. The fraction of sp³-hybridized carbons (Fsp3) is 0.389. The maximum absolute atomic E-state index is 13.1. The van der Waals surface area contributed by atoms with Crippen LogP contribution < -0.4 is 15.8 Å². The Labute approximate surface area is 162 Å². The molecule has 0 unspecified atom stereocenters. The Hall–Kier alpha value is -2.56. The highest BCUT2D eigenvalue weighted by Gasteiger charge is 2.49. The van der Waals surface area contributed by atoms with E-state index < -0.39 is 10.0 Å². The van der Waals surface area contributed by atoms with Crippen LogP contribution >= 0.6 is 0 Å². The van der Waals surface area contributed by atoms with Gasteiger partial charge in [0.15, 0.2) is 11.5 Å². The number of nitrogens with two attached hydrogens (primary N) is 1. The fourth-order valence-electron chi connectivity index (χ4n) is 4.38. The number of nitrogens with zero attached hydrogens (tertiary/aromatic N) is 4. The zero-order valence-electron chi connectivity index (χ0n) is 15.4. The normalized spacial score (nSPS) is 24.2. The summed E-state index contributed by atoms with van der Waals surface area (Å²) < 4.78 is 30.7. The maximum Gasteiger partial charge on any atom is 0.241 e. The highest BCUT2D eigenvalue weighted by molar-refractivity contribution is 7.89. The number of piperidine rings is 2. The third kappa shape index (κ3) is 2.67. The molecule has 3 aromatic rings. The molecule has 1 aliphatic carbocycles. The van der Waals surface area contributed by atoms with Gasteiger partial charge in [-0.25, -0.2) is 27.6 Å². The molecule has 2 aliphatic heterocycles. The standard InChI is InChI=1S/C18H21N7O2S/c1-11-2-3-13(28(26,27)24-18-5-12(6-18)7-20-9-18)4-14(11)15-8-21-17-16(19)22-10-23-25(15)17/h2-4,8,10,12,20,24H,5-7,9H2,1H3,(H2,19,22,23). The highest BCUT2D eigenvalue weighted by Crippen LogP contribution is 2.41. The minimum absolute atomic E-state index is 0.230. The largest absolute Gasteiger partial charge is 0.381 e. The molecule has 10 heteroatoms. The van der Waals surface area contributed by atoms with Crippen molar-refractivity contribution in [1.82, 2.24) is 29.6 Å². The lowest BCUT2D eigenvalue weighted by Crippen LogP contribution is -2.67. The number of nitrogens with one attached hydrogen (secondary N) is 2. The predicted molar refractivity (Wildman–Crippen MR) is 104 cm³/mol. The number of aromatic nitrogens is 4. The summed E-state index contributed by atoms with van der Waals surface area (Å²) in [6, 6.07) is 5.10. The molecule has 4 heterocycles. The van der Waals surface area contributed by atoms with Gasteiger partial charge in [0.05, 0.1) is 16.8 Å². The highest BCUT2D eigenvalue weighted by atomic mass is 32.2. The molecule has 2 aromatic heterocycles. The zero-order valence-corrected chi connectivity index (χ0v) is 16.2. The van der Waals surface area contributed by atoms with E-state index in [4.69, 9.17) is 5.73 Å². The van der Waals surface area contributed by atoms with Gasteiger partial charge < -0.3 is 11.1 Å². The monoisotopic (exact) mass is 399 g/mol. The summed E-state index contributed by atoms with van der Waals surface area (Å²) in [5, 5.41) is 7.51. The Balaban J connectivity index is 1.55. The molecule has 146 valence electrons. The van der Waals surface area contributed by atoms with Crippen LogP contribution in [0.15, 0.2) is 35.6 Å². The summed E-state index contributed by atoms with van der Waals surface area (Å²) in [4.78, 5) is 8.45. The van der Waals surface area contributed by atoms with Crippen LogP contribution in [0.25, 0.3) is 16.9 Å². The lowest BCUT2D eigenvalue weighted by Gasteiger charge is -2.52. The van der Waals surface area contributed by atoms with E-state index in [1.165, 1.54) is 6.33 Å². The molecule has 1 aromatic carbocycles. The van der Waals surface area contributed by atoms with Crippen LogP contribution in [0, 0.1) is 12.8 Å². The summed E-state index contributed by atoms with van der Waals surface area (Å²) in [7, 11) is -3.65. The number of imidazole rings is 1. The molecule has 2 saturated heterocycles. The second-order valence-corrected chi connectivity index (χ2v) is 9.47. The number of rotatable bonds is 4. The minimum atomic E-state index is -3.65. The van der Waals surface area contributed by atoms with Crippen molar-refractivity contribution >= 4 is 21.5 Å². The molecule has 0 amide bonds.